The smallest absolute Gasteiger partial charge is 0.338 e. The van der Waals surface area contributed by atoms with Gasteiger partial charge in [0.25, 0.3) is 5.56 Å². The molecule has 0 unspecified atom stereocenters. The largest absolute Gasteiger partial charge is 0.490 e. The second-order valence-corrected chi connectivity index (χ2v) is 11.2. The molecule has 1 aliphatic heterocycles. The summed E-state index contributed by atoms with van der Waals surface area (Å²) in [5.74, 6) is 0.742. The Labute approximate surface area is 254 Å². The molecule has 5 rings (SSSR count). The minimum atomic E-state index is -0.665. The van der Waals surface area contributed by atoms with Crippen LogP contribution in [-0.2, 0) is 16.1 Å². The van der Waals surface area contributed by atoms with E-state index in [9.17, 15) is 9.59 Å². The number of carbonyl (C=O) groups is 1. The van der Waals surface area contributed by atoms with Crippen molar-refractivity contribution in [1.82, 2.24) is 4.57 Å². The first-order valence-corrected chi connectivity index (χ1v) is 15.0. The quantitative estimate of drug-likeness (QED) is 0.243. The number of hydrogen-bond donors (Lipinski definition) is 0. The number of thiazole rings is 1. The van der Waals surface area contributed by atoms with E-state index in [4.69, 9.17) is 14.2 Å². The first-order valence-electron chi connectivity index (χ1n) is 14.2. The summed E-state index contributed by atoms with van der Waals surface area (Å²) in [6, 6.07) is 22.7. The topological polar surface area (TPSA) is 82.4 Å². The van der Waals surface area contributed by atoms with Gasteiger partial charge in [0.2, 0.25) is 0 Å². The summed E-state index contributed by atoms with van der Waals surface area (Å²) in [5.41, 5.74) is 4.31. The van der Waals surface area contributed by atoms with E-state index in [1.807, 2.05) is 105 Å². The number of rotatable bonds is 10. The first-order chi connectivity index (χ1) is 20.8. The molecule has 1 atom stereocenters. The van der Waals surface area contributed by atoms with E-state index in [1.165, 1.54) is 11.3 Å². The van der Waals surface area contributed by atoms with Gasteiger partial charge in [-0.15, -0.1) is 0 Å². The highest BCUT2D eigenvalue weighted by Gasteiger charge is 2.33. The Kier molecular flexibility index (Phi) is 9.11. The van der Waals surface area contributed by atoms with Gasteiger partial charge >= 0.3 is 5.97 Å². The summed E-state index contributed by atoms with van der Waals surface area (Å²) in [7, 11) is 3.93. The minimum Gasteiger partial charge on any atom is -0.490 e. The van der Waals surface area contributed by atoms with E-state index in [2.05, 4.69) is 4.99 Å². The Hall–Kier alpha value is -4.63. The standard InChI is InChI=1S/C34H35N3O5S/c1-6-40-28-19-24(13-18-27(28)42-21-23-11-9-8-10-12-23)20-29-32(38)37-31(25-14-16-26(17-15-25)36(4)5)30(33(39)41-7-2)22(3)35-34(37)43-29/h8-20,31H,6-7,21H2,1-5H3/b29-20-/t31-/m0/s1. The molecule has 222 valence electrons. The van der Waals surface area contributed by atoms with Crippen molar-refractivity contribution in [3.63, 3.8) is 0 Å². The lowest BCUT2D eigenvalue weighted by Gasteiger charge is -2.25. The van der Waals surface area contributed by atoms with Gasteiger partial charge in [-0.1, -0.05) is 59.9 Å². The molecule has 1 aromatic heterocycles. The Bertz CT molecular complexity index is 1820. The van der Waals surface area contributed by atoms with E-state index in [-0.39, 0.29) is 12.2 Å². The van der Waals surface area contributed by atoms with Crippen molar-refractivity contribution in [1.29, 1.82) is 0 Å². The summed E-state index contributed by atoms with van der Waals surface area (Å²) in [6.07, 6.45) is 1.82. The maximum Gasteiger partial charge on any atom is 0.338 e. The van der Waals surface area contributed by atoms with Crippen LogP contribution in [0.15, 0.2) is 93.9 Å². The van der Waals surface area contributed by atoms with Crippen LogP contribution in [0.1, 0.15) is 43.5 Å². The highest BCUT2D eigenvalue weighted by atomic mass is 32.1. The van der Waals surface area contributed by atoms with E-state index in [0.29, 0.717) is 45.3 Å². The fraction of sp³-hybridized carbons (Fsp3) is 0.265. The Morgan fingerprint density at radius 3 is 2.40 bits per heavy atom. The maximum atomic E-state index is 14.0. The Morgan fingerprint density at radius 1 is 0.977 bits per heavy atom. The highest BCUT2D eigenvalue weighted by molar-refractivity contribution is 7.07. The Morgan fingerprint density at radius 2 is 1.72 bits per heavy atom. The van der Waals surface area contributed by atoms with E-state index in [1.54, 1.807) is 18.4 Å². The molecular formula is C34H35N3O5S. The molecule has 0 spiro atoms. The number of aromatic nitrogens is 1. The van der Waals surface area contributed by atoms with E-state index >= 15 is 0 Å². The molecule has 0 saturated carbocycles. The molecule has 9 heteroatoms. The second-order valence-electron chi connectivity index (χ2n) is 10.2. The maximum absolute atomic E-state index is 14.0. The lowest BCUT2D eigenvalue weighted by molar-refractivity contribution is -0.139. The SMILES string of the molecule is CCOC(=O)C1=C(C)N=c2s/c(=C\c3ccc(OCc4ccccc4)c(OCC)c3)c(=O)n2[C@H]1c1ccc(N(C)C)cc1. The molecule has 4 aromatic rings. The summed E-state index contributed by atoms with van der Waals surface area (Å²) in [4.78, 5) is 34.4. The summed E-state index contributed by atoms with van der Waals surface area (Å²) < 4.78 is 19.4. The lowest BCUT2D eigenvalue weighted by atomic mass is 9.95. The molecule has 43 heavy (non-hydrogen) atoms. The fourth-order valence-corrected chi connectivity index (χ4v) is 6.00. The number of carbonyl (C=O) groups excluding carboxylic acids is 1. The third-order valence-electron chi connectivity index (χ3n) is 7.04. The zero-order valence-electron chi connectivity index (χ0n) is 25.0. The number of ether oxygens (including phenoxy) is 3. The van der Waals surface area contributed by atoms with Crippen LogP contribution in [0.25, 0.3) is 6.08 Å². The number of nitrogens with zero attached hydrogens (tertiary/aromatic N) is 3. The molecule has 0 amide bonds. The van der Waals surface area contributed by atoms with Gasteiger partial charge in [-0.3, -0.25) is 9.36 Å². The molecule has 0 N–H and O–H groups in total. The van der Waals surface area contributed by atoms with Crippen molar-refractivity contribution >= 4 is 29.1 Å². The van der Waals surface area contributed by atoms with Gasteiger partial charge in [-0.2, -0.15) is 0 Å². The van der Waals surface area contributed by atoms with Crippen LogP contribution in [0.2, 0.25) is 0 Å². The zero-order valence-corrected chi connectivity index (χ0v) is 25.8. The zero-order chi connectivity index (χ0) is 30.5. The molecule has 0 aliphatic carbocycles. The summed E-state index contributed by atoms with van der Waals surface area (Å²) in [5, 5.41) is 0. The number of allylic oxidation sites excluding steroid dienone is 1. The fourth-order valence-electron chi connectivity index (χ4n) is 4.95. The predicted molar refractivity (Wildman–Crippen MR) is 170 cm³/mol. The highest BCUT2D eigenvalue weighted by Crippen LogP contribution is 2.32. The Balaban J connectivity index is 1.56. The average Bonchev–Trinajstić information content (AvgIpc) is 3.30. The molecule has 2 heterocycles. The number of fused-ring (bicyclic) bond motifs is 1. The molecule has 0 radical (unpaired) electrons. The third kappa shape index (κ3) is 6.41. The summed E-state index contributed by atoms with van der Waals surface area (Å²) >= 11 is 1.29. The van der Waals surface area contributed by atoms with E-state index in [0.717, 1.165) is 22.4 Å². The van der Waals surface area contributed by atoms with Crippen molar-refractivity contribution < 1.29 is 19.0 Å². The molecule has 1 aliphatic rings. The van der Waals surface area contributed by atoms with Gasteiger partial charge in [-0.05, 0) is 67.8 Å². The number of esters is 1. The normalized spacial score (nSPS) is 14.6. The molecule has 0 fully saturated rings. The minimum absolute atomic E-state index is 0.222. The summed E-state index contributed by atoms with van der Waals surface area (Å²) in [6.45, 7) is 6.57. The van der Waals surface area contributed by atoms with Gasteiger partial charge in [0.15, 0.2) is 16.3 Å². The second kappa shape index (κ2) is 13.1. The molecule has 0 bridgehead atoms. The van der Waals surface area contributed by atoms with Crippen molar-refractivity contribution in [3.8, 4) is 11.5 Å². The van der Waals surface area contributed by atoms with Gasteiger partial charge in [0.05, 0.1) is 35.1 Å². The van der Waals surface area contributed by atoms with Gasteiger partial charge in [-0.25, -0.2) is 9.79 Å². The molecule has 8 nitrogen and oxygen atoms in total. The van der Waals surface area contributed by atoms with Crippen LogP contribution < -0.4 is 29.3 Å². The van der Waals surface area contributed by atoms with Gasteiger partial charge < -0.3 is 19.1 Å². The van der Waals surface area contributed by atoms with Crippen LogP contribution in [0.3, 0.4) is 0 Å². The van der Waals surface area contributed by atoms with Crippen LogP contribution in [0.4, 0.5) is 5.69 Å². The van der Waals surface area contributed by atoms with Crippen molar-refractivity contribution in [2.24, 2.45) is 4.99 Å². The monoisotopic (exact) mass is 597 g/mol. The van der Waals surface area contributed by atoms with Crippen molar-refractivity contribution in [3.05, 3.63) is 120 Å². The third-order valence-corrected chi connectivity index (χ3v) is 8.03. The van der Waals surface area contributed by atoms with Crippen molar-refractivity contribution in [2.45, 2.75) is 33.4 Å². The molecular weight excluding hydrogens is 562 g/mol. The average molecular weight is 598 g/mol. The van der Waals surface area contributed by atoms with Crippen molar-refractivity contribution in [2.75, 3.05) is 32.2 Å². The van der Waals surface area contributed by atoms with Gasteiger partial charge in [0.1, 0.15) is 6.61 Å². The molecule has 3 aromatic carbocycles. The predicted octanol–water partition coefficient (Wildman–Crippen LogP) is 4.84. The van der Waals surface area contributed by atoms with Gasteiger partial charge in [0, 0.05) is 19.8 Å². The molecule has 0 saturated heterocycles. The number of anilines is 1. The first kappa shape index (κ1) is 29.8. The van der Waals surface area contributed by atoms with Crippen LogP contribution in [0, 0.1) is 0 Å². The number of benzene rings is 3. The van der Waals surface area contributed by atoms with E-state index < -0.39 is 12.0 Å². The van der Waals surface area contributed by atoms with Crippen LogP contribution in [0.5, 0.6) is 11.5 Å². The van der Waals surface area contributed by atoms with Crippen LogP contribution in [-0.4, -0.2) is 37.8 Å². The number of hydrogen-bond acceptors (Lipinski definition) is 8. The lowest BCUT2D eigenvalue weighted by Crippen LogP contribution is -2.39. The van der Waals surface area contributed by atoms with Crippen LogP contribution >= 0.6 is 11.3 Å².